The summed E-state index contributed by atoms with van der Waals surface area (Å²) in [5, 5.41) is 0. The molecular weight excluding hydrogens is 315 g/mol. The smallest absolute Gasteiger partial charge is 0.328 e. The Morgan fingerprint density at radius 2 is 1.30 bits per heavy atom. The van der Waals surface area contributed by atoms with Crippen LogP contribution in [0.15, 0.2) is 60.7 Å². The van der Waals surface area contributed by atoms with Gasteiger partial charge in [-0.3, -0.25) is 4.57 Å². The van der Waals surface area contributed by atoms with Gasteiger partial charge in [-0.25, -0.2) is 0 Å². The highest BCUT2D eigenvalue weighted by molar-refractivity contribution is 7.52. The molecule has 5 nitrogen and oxygen atoms in total. The van der Waals surface area contributed by atoms with Crippen molar-refractivity contribution in [1.29, 1.82) is 0 Å². The molecule has 1 atom stereocenters. The van der Waals surface area contributed by atoms with Crippen molar-refractivity contribution in [1.82, 2.24) is 0 Å². The molecule has 0 aromatic heterocycles. The Kier molecular flexibility index (Phi) is 7.14. The van der Waals surface area contributed by atoms with E-state index < -0.39 is 7.60 Å². The van der Waals surface area contributed by atoms with Gasteiger partial charge in [-0.15, -0.1) is 0 Å². The van der Waals surface area contributed by atoms with E-state index in [9.17, 15) is 9.46 Å². The molecule has 6 heteroatoms. The van der Waals surface area contributed by atoms with Gasteiger partial charge in [0.25, 0.3) is 0 Å². The first kappa shape index (κ1) is 17.5. The Labute approximate surface area is 136 Å². The number of benzene rings is 2. The summed E-state index contributed by atoms with van der Waals surface area (Å²) in [6.45, 7) is 0.676. The number of rotatable bonds is 10. The highest BCUT2D eigenvalue weighted by Crippen LogP contribution is 2.42. The van der Waals surface area contributed by atoms with Crippen molar-refractivity contribution in [2.45, 2.75) is 6.42 Å². The van der Waals surface area contributed by atoms with Crippen molar-refractivity contribution in [3.63, 3.8) is 0 Å². The predicted molar refractivity (Wildman–Crippen MR) is 89.1 cm³/mol. The van der Waals surface area contributed by atoms with Crippen molar-refractivity contribution in [2.24, 2.45) is 0 Å². The normalized spacial score (nSPS) is 13.3. The first-order valence-corrected chi connectivity index (χ1v) is 9.24. The van der Waals surface area contributed by atoms with Crippen molar-refractivity contribution in [3.05, 3.63) is 60.7 Å². The number of hydrogen-bond acceptors (Lipinski definition) is 4. The summed E-state index contributed by atoms with van der Waals surface area (Å²) in [7, 11) is -3.60. The summed E-state index contributed by atoms with van der Waals surface area (Å²) < 4.78 is 27.8. The molecule has 2 rings (SSSR count). The van der Waals surface area contributed by atoms with E-state index in [-0.39, 0.29) is 19.4 Å². The number of para-hydroxylation sites is 2. The summed E-state index contributed by atoms with van der Waals surface area (Å²) in [4.78, 5) is 9.73. The van der Waals surface area contributed by atoms with E-state index in [2.05, 4.69) is 0 Å². The average Bonchev–Trinajstić information content (AvgIpc) is 2.58. The molecule has 0 aliphatic carbocycles. The Morgan fingerprint density at radius 1 is 0.783 bits per heavy atom. The zero-order chi connectivity index (χ0) is 16.4. The first-order chi connectivity index (χ1) is 11.2. The minimum absolute atomic E-state index is 0.0607. The maximum atomic E-state index is 11.9. The van der Waals surface area contributed by atoms with Crippen molar-refractivity contribution < 1.29 is 23.5 Å². The SMILES string of the molecule is O=P(O)(CCCOc1ccccc1)OCCOc1ccccc1. The monoisotopic (exact) mass is 336 g/mol. The van der Waals surface area contributed by atoms with Crippen LogP contribution in [0.25, 0.3) is 0 Å². The minimum Gasteiger partial charge on any atom is -0.494 e. The van der Waals surface area contributed by atoms with Crippen LogP contribution in [0.4, 0.5) is 0 Å². The van der Waals surface area contributed by atoms with E-state index in [0.717, 1.165) is 5.75 Å². The zero-order valence-electron chi connectivity index (χ0n) is 12.8. The first-order valence-electron chi connectivity index (χ1n) is 7.48. The van der Waals surface area contributed by atoms with Crippen molar-refractivity contribution in [2.75, 3.05) is 26.0 Å². The zero-order valence-corrected chi connectivity index (χ0v) is 13.7. The van der Waals surface area contributed by atoms with Crippen LogP contribution in [0.1, 0.15) is 6.42 Å². The lowest BCUT2D eigenvalue weighted by Gasteiger charge is -2.13. The summed E-state index contributed by atoms with van der Waals surface area (Å²) in [6, 6.07) is 18.6. The van der Waals surface area contributed by atoms with E-state index in [0.29, 0.717) is 18.8 Å². The fourth-order valence-electron chi connectivity index (χ4n) is 1.89. The van der Waals surface area contributed by atoms with Crippen molar-refractivity contribution in [3.8, 4) is 11.5 Å². The molecule has 2 aromatic rings. The number of ether oxygens (including phenoxy) is 2. The Bertz CT molecular complexity index is 551. The van der Waals surface area contributed by atoms with Crippen LogP contribution >= 0.6 is 7.60 Å². The van der Waals surface area contributed by atoms with Gasteiger partial charge < -0.3 is 18.9 Å². The maximum Gasteiger partial charge on any atom is 0.328 e. The van der Waals surface area contributed by atoms with Crippen LogP contribution in [0, 0.1) is 0 Å². The van der Waals surface area contributed by atoms with E-state index in [1.807, 2.05) is 60.7 Å². The van der Waals surface area contributed by atoms with E-state index in [4.69, 9.17) is 14.0 Å². The second kappa shape index (κ2) is 9.36. The molecular formula is C17H21O5P. The highest BCUT2D eigenvalue weighted by atomic mass is 31.2. The summed E-state index contributed by atoms with van der Waals surface area (Å²) >= 11 is 0. The van der Waals surface area contributed by atoms with Crippen LogP contribution in [0.5, 0.6) is 11.5 Å². The maximum absolute atomic E-state index is 11.9. The Morgan fingerprint density at radius 3 is 1.87 bits per heavy atom. The molecule has 0 saturated carbocycles. The standard InChI is InChI=1S/C17H21O5P/c18-23(19,15-7-12-20-16-8-3-1-4-9-16)22-14-13-21-17-10-5-2-6-11-17/h1-6,8-11H,7,12-15H2,(H,18,19). The van der Waals surface area contributed by atoms with Gasteiger partial charge >= 0.3 is 7.60 Å². The fraction of sp³-hybridized carbons (Fsp3) is 0.294. The fourth-order valence-corrected chi connectivity index (χ4v) is 2.91. The molecule has 124 valence electrons. The van der Waals surface area contributed by atoms with E-state index in [1.54, 1.807) is 0 Å². The van der Waals surface area contributed by atoms with Crippen molar-refractivity contribution >= 4 is 7.60 Å². The third-order valence-electron chi connectivity index (χ3n) is 2.99. The van der Waals surface area contributed by atoms with Gasteiger partial charge in [-0.2, -0.15) is 0 Å². The van der Waals surface area contributed by atoms with Crippen LogP contribution in [0.2, 0.25) is 0 Å². The van der Waals surface area contributed by atoms with Gasteiger partial charge in [-0.1, -0.05) is 36.4 Å². The summed E-state index contributed by atoms with van der Waals surface area (Å²) in [6.07, 6.45) is 0.507. The molecule has 0 amide bonds. The molecule has 0 heterocycles. The van der Waals surface area contributed by atoms with Crippen LogP contribution < -0.4 is 9.47 Å². The van der Waals surface area contributed by atoms with Gasteiger partial charge in [-0.05, 0) is 30.7 Å². The van der Waals surface area contributed by atoms with Gasteiger partial charge in [0.1, 0.15) is 18.1 Å². The summed E-state index contributed by atoms with van der Waals surface area (Å²) in [5.41, 5.74) is 0. The Hall–Kier alpha value is -1.81. The molecule has 1 unspecified atom stereocenters. The molecule has 0 spiro atoms. The second-order valence-corrected chi connectivity index (χ2v) is 6.85. The summed E-state index contributed by atoms with van der Waals surface area (Å²) in [5.74, 6) is 1.46. The molecule has 23 heavy (non-hydrogen) atoms. The molecule has 0 aliphatic rings. The molecule has 0 bridgehead atoms. The van der Waals surface area contributed by atoms with Crippen LogP contribution in [-0.4, -0.2) is 30.9 Å². The topological polar surface area (TPSA) is 65.0 Å². The molecule has 0 saturated heterocycles. The predicted octanol–water partition coefficient (Wildman–Crippen LogP) is 3.74. The van der Waals surface area contributed by atoms with Gasteiger partial charge in [0.2, 0.25) is 0 Å². The van der Waals surface area contributed by atoms with Crippen LogP contribution in [-0.2, 0) is 9.09 Å². The molecule has 2 aromatic carbocycles. The van der Waals surface area contributed by atoms with E-state index >= 15 is 0 Å². The second-order valence-electron chi connectivity index (χ2n) is 4.87. The average molecular weight is 336 g/mol. The van der Waals surface area contributed by atoms with Gasteiger partial charge in [0.05, 0.1) is 19.4 Å². The third-order valence-corrected chi connectivity index (χ3v) is 4.45. The molecule has 1 N–H and O–H groups in total. The van der Waals surface area contributed by atoms with E-state index in [1.165, 1.54) is 0 Å². The quantitative estimate of drug-likeness (QED) is 0.529. The third kappa shape index (κ3) is 7.33. The van der Waals surface area contributed by atoms with Crippen LogP contribution in [0.3, 0.4) is 0 Å². The molecule has 0 aliphatic heterocycles. The largest absolute Gasteiger partial charge is 0.494 e. The highest BCUT2D eigenvalue weighted by Gasteiger charge is 2.18. The molecule has 0 radical (unpaired) electrons. The Balaban J connectivity index is 1.58. The lowest BCUT2D eigenvalue weighted by molar-refractivity contribution is 0.194. The van der Waals surface area contributed by atoms with Gasteiger partial charge in [0.15, 0.2) is 0 Å². The lowest BCUT2D eigenvalue weighted by Crippen LogP contribution is -2.08. The lowest BCUT2D eigenvalue weighted by atomic mass is 10.3. The van der Waals surface area contributed by atoms with Gasteiger partial charge in [0, 0.05) is 0 Å². The molecule has 0 fully saturated rings. The minimum atomic E-state index is -3.60. The number of hydrogen-bond donors (Lipinski definition) is 1.